The van der Waals surface area contributed by atoms with Gasteiger partial charge >= 0.3 is 0 Å². The molecule has 0 radical (unpaired) electrons. The van der Waals surface area contributed by atoms with Crippen molar-refractivity contribution >= 4 is 0 Å². The van der Waals surface area contributed by atoms with Crippen molar-refractivity contribution in [3.63, 3.8) is 0 Å². The van der Waals surface area contributed by atoms with Crippen LogP contribution in [0, 0.1) is 22.7 Å². The van der Waals surface area contributed by atoms with Crippen molar-refractivity contribution in [3.05, 3.63) is 0 Å². The van der Waals surface area contributed by atoms with E-state index in [2.05, 4.69) is 37.1 Å². The first-order valence-corrected chi connectivity index (χ1v) is 6.87. The van der Waals surface area contributed by atoms with E-state index in [1.165, 1.54) is 26.1 Å². The molecule has 1 heterocycles. The molecule has 1 saturated heterocycles. The van der Waals surface area contributed by atoms with Gasteiger partial charge in [0.1, 0.15) is 0 Å². The average molecular weight is 237 g/mol. The van der Waals surface area contributed by atoms with E-state index in [0.717, 1.165) is 25.4 Å². The molecule has 1 rings (SSSR count). The van der Waals surface area contributed by atoms with E-state index >= 15 is 0 Å². The SMILES string of the molecule is CCN1CCC(CNCC(C)(C)CCC#N)C1. The lowest BCUT2D eigenvalue weighted by molar-refractivity contribution is 0.300. The molecule has 1 aliphatic heterocycles. The van der Waals surface area contributed by atoms with Crippen LogP contribution in [0.3, 0.4) is 0 Å². The Morgan fingerprint density at radius 2 is 2.24 bits per heavy atom. The van der Waals surface area contributed by atoms with Gasteiger partial charge in [-0.15, -0.1) is 0 Å². The fraction of sp³-hybridized carbons (Fsp3) is 0.929. The molecule has 1 fully saturated rings. The smallest absolute Gasteiger partial charge is 0.0621 e. The van der Waals surface area contributed by atoms with Crippen LogP contribution < -0.4 is 5.32 Å². The standard InChI is InChI=1S/C14H27N3/c1-4-17-9-6-13(11-17)10-16-12-14(2,3)7-5-8-15/h13,16H,4-7,9-12H2,1-3H3. The minimum atomic E-state index is 0.249. The number of rotatable bonds is 7. The average Bonchev–Trinajstić information content (AvgIpc) is 2.74. The Hall–Kier alpha value is -0.590. The molecule has 0 spiro atoms. The van der Waals surface area contributed by atoms with Gasteiger partial charge < -0.3 is 10.2 Å². The van der Waals surface area contributed by atoms with Gasteiger partial charge in [0.2, 0.25) is 0 Å². The second kappa shape index (κ2) is 6.98. The summed E-state index contributed by atoms with van der Waals surface area (Å²) < 4.78 is 0. The Bertz CT molecular complexity index is 255. The quantitative estimate of drug-likeness (QED) is 0.738. The summed E-state index contributed by atoms with van der Waals surface area (Å²) in [5, 5.41) is 12.2. The van der Waals surface area contributed by atoms with Crippen molar-refractivity contribution in [1.29, 1.82) is 5.26 Å². The molecule has 0 saturated carbocycles. The monoisotopic (exact) mass is 237 g/mol. The van der Waals surface area contributed by atoms with Crippen molar-refractivity contribution < 1.29 is 0 Å². The molecule has 1 N–H and O–H groups in total. The van der Waals surface area contributed by atoms with Crippen LogP contribution in [0.4, 0.5) is 0 Å². The van der Waals surface area contributed by atoms with Gasteiger partial charge in [0.15, 0.2) is 0 Å². The highest BCUT2D eigenvalue weighted by atomic mass is 15.1. The van der Waals surface area contributed by atoms with Crippen molar-refractivity contribution in [3.8, 4) is 6.07 Å². The molecule has 1 atom stereocenters. The first kappa shape index (κ1) is 14.5. The van der Waals surface area contributed by atoms with E-state index in [-0.39, 0.29) is 5.41 Å². The molecule has 3 nitrogen and oxygen atoms in total. The fourth-order valence-electron chi connectivity index (χ4n) is 2.46. The number of hydrogen-bond donors (Lipinski definition) is 1. The molecule has 98 valence electrons. The first-order chi connectivity index (χ1) is 8.07. The highest BCUT2D eigenvalue weighted by molar-refractivity contribution is 4.81. The van der Waals surface area contributed by atoms with E-state index in [9.17, 15) is 0 Å². The maximum atomic E-state index is 8.61. The van der Waals surface area contributed by atoms with E-state index < -0.39 is 0 Å². The van der Waals surface area contributed by atoms with Gasteiger partial charge in [-0.25, -0.2) is 0 Å². The molecule has 0 amide bonds. The highest BCUT2D eigenvalue weighted by Crippen LogP contribution is 2.21. The Morgan fingerprint density at radius 3 is 2.82 bits per heavy atom. The minimum Gasteiger partial charge on any atom is -0.316 e. The van der Waals surface area contributed by atoms with E-state index in [4.69, 9.17) is 5.26 Å². The molecule has 0 bridgehead atoms. The molecule has 3 heteroatoms. The van der Waals surface area contributed by atoms with E-state index in [0.29, 0.717) is 6.42 Å². The van der Waals surface area contributed by atoms with Gasteiger partial charge in [-0.05, 0) is 43.8 Å². The Balaban J connectivity index is 2.13. The summed E-state index contributed by atoms with van der Waals surface area (Å²) in [5.41, 5.74) is 0.249. The van der Waals surface area contributed by atoms with Crippen molar-refractivity contribution in [2.24, 2.45) is 11.3 Å². The van der Waals surface area contributed by atoms with Gasteiger partial charge in [0.05, 0.1) is 6.07 Å². The maximum absolute atomic E-state index is 8.61. The van der Waals surface area contributed by atoms with Gasteiger partial charge in [-0.2, -0.15) is 5.26 Å². The Labute approximate surface area is 106 Å². The third-order valence-electron chi connectivity index (χ3n) is 3.77. The molecule has 17 heavy (non-hydrogen) atoms. The molecule has 0 aromatic heterocycles. The lowest BCUT2D eigenvalue weighted by Gasteiger charge is -2.25. The summed E-state index contributed by atoms with van der Waals surface area (Å²) >= 11 is 0. The minimum absolute atomic E-state index is 0.249. The highest BCUT2D eigenvalue weighted by Gasteiger charge is 2.22. The van der Waals surface area contributed by atoms with Gasteiger partial charge in [-0.3, -0.25) is 0 Å². The van der Waals surface area contributed by atoms with Gasteiger partial charge in [0, 0.05) is 19.5 Å². The molecule has 0 aromatic carbocycles. The maximum Gasteiger partial charge on any atom is 0.0621 e. The van der Waals surface area contributed by atoms with Crippen LogP contribution >= 0.6 is 0 Å². The summed E-state index contributed by atoms with van der Waals surface area (Å²) in [6, 6.07) is 2.23. The molecule has 1 unspecified atom stereocenters. The van der Waals surface area contributed by atoms with Crippen molar-refractivity contribution in [2.45, 2.75) is 40.0 Å². The third kappa shape index (κ3) is 5.52. The second-order valence-corrected chi connectivity index (χ2v) is 6.00. The van der Waals surface area contributed by atoms with Gasteiger partial charge in [-0.1, -0.05) is 20.8 Å². The zero-order valence-electron chi connectivity index (χ0n) is 11.6. The molecular weight excluding hydrogens is 210 g/mol. The Kier molecular flexibility index (Phi) is 5.94. The summed E-state index contributed by atoms with van der Waals surface area (Å²) in [5.74, 6) is 0.821. The van der Waals surface area contributed by atoms with Crippen LogP contribution in [0.2, 0.25) is 0 Å². The van der Waals surface area contributed by atoms with Crippen LogP contribution in [0.15, 0.2) is 0 Å². The van der Waals surface area contributed by atoms with Crippen molar-refractivity contribution in [2.75, 3.05) is 32.7 Å². The zero-order chi connectivity index (χ0) is 12.7. The predicted molar refractivity (Wildman–Crippen MR) is 71.7 cm³/mol. The predicted octanol–water partition coefficient (Wildman–Crippen LogP) is 2.25. The topological polar surface area (TPSA) is 39.1 Å². The summed E-state index contributed by atoms with van der Waals surface area (Å²) in [7, 11) is 0. The lowest BCUT2D eigenvalue weighted by Crippen LogP contribution is -2.33. The molecule has 0 aromatic rings. The molecule has 1 aliphatic rings. The van der Waals surface area contributed by atoms with Crippen LogP contribution in [0.25, 0.3) is 0 Å². The van der Waals surface area contributed by atoms with E-state index in [1.807, 2.05) is 0 Å². The largest absolute Gasteiger partial charge is 0.316 e. The number of nitriles is 1. The van der Waals surface area contributed by atoms with Crippen LogP contribution in [0.5, 0.6) is 0 Å². The summed E-state index contributed by atoms with van der Waals surface area (Å²) in [4.78, 5) is 2.52. The fourth-order valence-corrected chi connectivity index (χ4v) is 2.46. The van der Waals surface area contributed by atoms with Crippen LogP contribution in [-0.4, -0.2) is 37.6 Å². The summed E-state index contributed by atoms with van der Waals surface area (Å²) in [6.45, 7) is 12.6. The van der Waals surface area contributed by atoms with Crippen LogP contribution in [0.1, 0.15) is 40.0 Å². The second-order valence-electron chi connectivity index (χ2n) is 6.00. The summed E-state index contributed by atoms with van der Waals surface area (Å²) in [6.07, 6.45) is 2.99. The Morgan fingerprint density at radius 1 is 1.47 bits per heavy atom. The molecular formula is C14H27N3. The van der Waals surface area contributed by atoms with Crippen molar-refractivity contribution in [1.82, 2.24) is 10.2 Å². The van der Waals surface area contributed by atoms with E-state index in [1.54, 1.807) is 0 Å². The lowest BCUT2D eigenvalue weighted by atomic mass is 9.88. The van der Waals surface area contributed by atoms with Gasteiger partial charge in [0.25, 0.3) is 0 Å². The number of likely N-dealkylation sites (tertiary alicyclic amines) is 1. The first-order valence-electron chi connectivity index (χ1n) is 6.87. The molecule has 0 aliphatic carbocycles. The number of nitrogens with zero attached hydrogens (tertiary/aromatic N) is 2. The number of nitrogens with one attached hydrogen (secondary N) is 1. The zero-order valence-corrected chi connectivity index (χ0v) is 11.6. The van der Waals surface area contributed by atoms with Crippen LogP contribution in [-0.2, 0) is 0 Å². The third-order valence-corrected chi connectivity index (χ3v) is 3.77. The number of hydrogen-bond acceptors (Lipinski definition) is 3. The normalized spacial score (nSPS) is 21.6.